The molecule has 1 aromatic heterocycles. The molecule has 0 spiro atoms. The zero-order valence-electron chi connectivity index (χ0n) is 10.7. The van der Waals surface area contributed by atoms with Crippen molar-refractivity contribution in [1.82, 2.24) is 9.78 Å². The van der Waals surface area contributed by atoms with Crippen molar-refractivity contribution in [2.45, 2.75) is 19.3 Å². The fourth-order valence-electron chi connectivity index (χ4n) is 2.02. The number of anilines is 1. The standard InChI is InChI=1S/C11H18N4O3/c1-14-7-9(15(16)17)10(13-14)12-8-11(3-4-11)5-6-18-2/h7H,3-6,8H2,1-2H3,(H,12,13). The fourth-order valence-corrected chi connectivity index (χ4v) is 2.02. The lowest BCUT2D eigenvalue weighted by atomic mass is 10.0. The van der Waals surface area contributed by atoms with Crippen LogP contribution < -0.4 is 5.32 Å². The molecule has 1 aliphatic carbocycles. The lowest BCUT2D eigenvalue weighted by Crippen LogP contribution is -2.18. The molecule has 0 aromatic carbocycles. The lowest BCUT2D eigenvalue weighted by molar-refractivity contribution is -0.384. The number of aromatic nitrogens is 2. The largest absolute Gasteiger partial charge is 0.385 e. The zero-order valence-corrected chi connectivity index (χ0v) is 10.7. The van der Waals surface area contributed by atoms with Crippen LogP contribution in [0.3, 0.4) is 0 Å². The van der Waals surface area contributed by atoms with Gasteiger partial charge in [0.1, 0.15) is 6.20 Å². The summed E-state index contributed by atoms with van der Waals surface area (Å²) in [6.07, 6.45) is 4.68. The summed E-state index contributed by atoms with van der Waals surface area (Å²) < 4.78 is 6.53. The third-order valence-corrected chi connectivity index (χ3v) is 3.43. The maximum Gasteiger partial charge on any atom is 0.330 e. The van der Waals surface area contributed by atoms with E-state index in [1.807, 2.05) is 0 Å². The van der Waals surface area contributed by atoms with E-state index in [2.05, 4.69) is 10.4 Å². The molecule has 1 N–H and O–H groups in total. The molecule has 0 amide bonds. The highest BCUT2D eigenvalue weighted by atomic mass is 16.6. The van der Waals surface area contributed by atoms with Crippen molar-refractivity contribution in [1.29, 1.82) is 0 Å². The molecule has 0 atom stereocenters. The number of nitrogens with one attached hydrogen (secondary N) is 1. The monoisotopic (exact) mass is 254 g/mol. The van der Waals surface area contributed by atoms with E-state index in [9.17, 15) is 10.1 Å². The smallest absolute Gasteiger partial charge is 0.330 e. The van der Waals surface area contributed by atoms with Crippen LogP contribution in [0.5, 0.6) is 0 Å². The molecule has 0 saturated heterocycles. The SMILES string of the molecule is COCCC1(CNc2nn(C)cc2[N+](=O)[O-])CC1. The van der Waals surface area contributed by atoms with Crippen molar-refractivity contribution in [2.24, 2.45) is 12.5 Å². The van der Waals surface area contributed by atoms with Crippen molar-refractivity contribution < 1.29 is 9.66 Å². The Hall–Kier alpha value is -1.63. The summed E-state index contributed by atoms with van der Waals surface area (Å²) in [4.78, 5) is 10.4. The van der Waals surface area contributed by atoms with Crippen LogP contribution in [0.1, 0.15) is 19.3 Å². The van der Waals surface area contributed by atoms with Gasteiger partial charge in [-0.1, -0.05) is 0 Å². The highest BCUT2D eigenvalue weighted by molar-refractivity contribution is 5.54. The Morgan fingerprint density at radius 1 is 1.67 bits per heavy atom. The third kappa shape index (κ3) is 2.79. The minimum absolute atomic E-state index is 0.0278. The lowest BCUT2D eigenvalue weighted by Gasteiger charge is -2.14. The molecule has 1 heterocycles. The molecular weight excluding hydrogens is 236 g/mol. The first kappa shape index (κ1) is 12.8. The Kier molecular flexibility index (Phi) is 3.51. The second kappa shape index (κ2) is 4.93. The molecule has 100 valence electrons. The molecule has 1 saturated carbocycles. The van der Waals surface area contributed by atoms with E-state index in [1.54, 1.807) is 14.2 Å². The Labute approximate surface area is 105 Å². The summed E-state index contributed by atoms with van der Waals surface area (Å²) in [6.45, 7) is 1.44. The van der Waals surface area contributed by atoms with Gasteiger partial charge in [-0.2, -0.15) is 0 Å². The summed E-state index contributed by atoms with van der Waals surface area (Å²) >= 11 is 0. The average Bonchev–Trinajstić information content (AvgIpc) is 3.00. The van der Waals surface area contributed by atoms with Gasteiger partial charge in [-0.3, -0.25) is 14.8 Å². The first-order valence-corrected chi connectivity index (χ1v) is 5.97. The van der Waals surface area contributed by atoms with Crippen molar-refractivity contribution in [2.75, 3.05) is 25.6 Å². The molecule has 0 radical (unpaired) electrons. The number of methoxy groups -OCH3 is 1. The van der Waals surface area contributed by atoms with Crippen molar-refractivity contribution in [3.05, 3.63) is 16.3 Å². The molecule has 7 heteroatoms. The van der Waals surface area contributed by atoms with Crippen LogP contribution in [0.4, 0.5) is 11.5 Å². The topological polar surface area (TPSA) is 82.2 Å². The van der Waals surface area contributed by atoms with Crippen LogP contribution in [-0.2, 0) is 11.8 Å². The zero-order chi connectivity index (χ0) is 13.2. The number of hydrogen-bond donors (Lipinski definition) is 1. The number of hydrogen-bond acceptors (Lipinski definition) is 5. The van der Waals surface area contributed by atoms with Crippen molar-refractivity contribution >= 4 is 11.5 Å². The van der Waals surface area contributed by atoms with E-state index in [-0.39, 0.29) is 11.1 Å². The minimum Gasteiger partial charge on any atom is -0.385 e. The normalized spacial score (nSPS) is 16.6. The number of nitrogens with zero attached hydrogens (tertiary/aromatic N) is 3. The molecular formula is C11H18N4O3. The summed E-state index contributed by atoms with van der Waals surface area (Å²) in [5, 5.41) is 18.0. The summed E-state index contributed by atoms with van der Waals surface area (Å²) in [5.41, 5.74) is 0.265. The van der Waals surface area contributed by atoms with Gasteiger partial charge in [-0.15, -0.1) is 5.10 Å². The molecule has 7 nitrogen and oxygen atoms in total. The van der Waals surface area contributed by atoms with Gasteiger partial charge in [-0.05, 0) is 24.7 Å². The van der Waals surface area contributed by atoms with Gasteiger partial charge in [0.25, 0.3) is 0 Å². The predicted molar refractivity (Wildman–Crippen MR) is 66.5 cm³/mol. The van der Waals surface area contributed by atoms with Crippen LogP contribution in [-0.4, -0.2) is 35.0 Å². The van der Waals surface area contributed by atoms with E-state index in [1.165, 1.54) is 10.9 Å². The first-order chi connectivity index (χ1) is 8.56. The van der Waals surface area contributed by atoms with Gasteiger partial charge in [0, 0.05) is 27.3 Å². The van der Waals surface area contributed by atoms with Crippen LogP contribution in [0, 0.1) is 15.5 Å². The Balaban J connectivity index is 1.96. The average molecular weight is 254 g/mol. The van der Waals surface area contributed by atoms with Gasteiger partial charge in [0.05, 0.1) is 4.92 Å². The molecule has 0 unspecified atom stereocenters. The second-order valence-corrected chi connectivity index (χ2v) is 4.89. The molecule has 18 heavy (non-hydrogen) atoms. The molecule has 1 fully saturated rings. The first-order valence-electron chi connectivity index (χ1n) is 5.97. The Bertz CT molecular complexity index is 439. The van der Waals surface area contributed by atoms with Crippen LogP contribution in [0.15, 0.2) is 6.20 Å². The number of rotatable bonds is 7. The molecule has 2 rings (SSSR count). The van der Waals surface area contributed by atoms with Crippen LogP contribution >= 0.6 is 0 Å². The maximum atomic E-state index is 10.8. The molecule has 1 aliphatic rings. The third-order valence-electron chi connectivity index (χ3n) is 3.43. The molecule has 1 aromatic rings. The fraction of sp³-hybridized carbons (Fsp3) is 0.727. The number of nitro groups is 1. The van der Waals surface area contributed by atoms with E-state index < -0.39 is 4.92 Å². The molecule has 0 bridgehead atoms. The summed E-state index contributed by atoms with van der Waals surface area (Å²) in [7, 11) is 3.36. The van der Waals surface area contributed by atoms with Gasteiger partial charge in [-0.25, -0.2) is 0 Å². The van der Waals surface area contributed by atoms with Crippen molar-refractivity contribution in [3.8, 4) is 0 Å². The van der Waals surface area contributed by atoms with Gasteiger partial charge >= 0.3 is 5.69 Å². The highest BCUT2D eigenvalue weighted by Gasteiger charge is 2.42. The van der Waals surface area contributed by atoms with Gasteiger partial charge in [0.2, 0.25) is 5.82 Å². The quantitative estimate of drug-likeness (QED) is 0.589. The van der Waals surface area contributed by atoms with E-state index in [0.29, 0.717) is 12.4 Å². The van der Waals surface area contributed by atoms with Crippen molar-refractivity contribution in [3.63, 3.8) is 0 Å². The molecule has 0 aliphatic heterocycles. The Morgan fingerprint density at radius 2 is 2.39 bits per heavy atom. The minimum atomic E-state index is -0.413. The van der Waals surface area contributed by atoms with Crippen LogP contribution in [0.2, 0.25) is 0 Å². The number of ether oxygens (including phenoxy) is 1. The summed E-state index contributed by atoms with van der Waals surface area (Å²) in [6, 6.07) is 0. The van der Waals surface area contributed by atoms with E-state index in [4.69, 9.17) is 4.74 Å². The predicted octanol–water partition coefficient (Wildman–Crippen LogP) is 1.56. The Morgan fingerprint density at radius 3 is 2.94 bits per heavy atom. The second-order valence-electron chi connectivity index (χ2n) is 4.89. The summed E-state index contributed by atoms with van der Waals surface area (Å²) in [5.74, 6) is 0.353. The van der Waals surface area contributed by atoms with E-state index >= 15 is 0 Å². The number of aryl methyl sites for hydroxylation is 1. The maximum absolute atomic E-state index is 10.8. The van der Waals surface area contributed by atoms with Gasteiger partial charge in [0.15, 0.2) is 0 Å². The van der Waals surface area contributed by atoms with Gasteiger partial charge < -0.3 is 10.1 Å². The van der Waals surface area contributed by atoms with E-state index in [0.717, 1.165) is 25.9 Å². The van der Waals surface area contributed by atoms with Crippen LogP contribution in [0.25, 0.3) is 0 Å². The highest BCUT2D eigenvalue weighted by Crippen LogP contribution is 2.48.